The summed E-state index contributed by atoms with van der Waals surface area (Å²) in [5, 5.41) is 9.16. The van der Waals surface area contributed by atoms with Gasteiger partial charge in [-0.15, -0.1) is 0 Å². The molecule has 0 aliphatic carbocycles. The number of primary amides is 1. The maximum Gasteiger partial charge on any atom is 0.261 e. The molecule has 0 spiro atoms. The van der Waals surface area contributed by atoms with E-state index in [1.165, 1.54) is 12.2 Å². The predicted molar refractivity (Wildman–Crippen MR) is 49.4 cm³/mol. The summed E-state index contributed by atoms with van der Waals surface area (Å²) < 4.78 is 0. The Morgan fingerprint density at radius 3 is 3.00 bits per heavy atom. The van der Waals surface area contributed by atoms with Crippen LogP contribution in [0, 0.1) is 0 Å². The molecular weight excluding hydrogens is 186 g/mol. The van der Waals surface area contributed by atoms with Crippen LogP contribution in [0.3, 0.4) is 0 Å². The Morgan fingerprint density at radius 2 is 2.43 bits per heavy atom. The molecule has 0 aromatic carbocycles. The molecule has 0 radical (unpaired) electrons. The van der Waals surface area contributed by atoms with Gasteiger partial charge in [-0.3, -0.25) is 9.59 Å². The number of carbonyl (C=O) groups is 1. The molecule has 1 aromatic heterocycles. The molecular formula is C8H9N3O3. The Bertz CT molecular complexity index is 422. The van der Waals surface area contributed by atoms with Gasteiger partial charge in [0.2, 0.25) is 11.8 Å². The van der Waals surface area contributed by atoms with Crippen LogP contribution in [0.25, 0.3) is 6.08 Å². The number of aromatic nitrogens is 2. The molecule has 1 heterocycles. The van der Waals surface area contributed by atoms with E-state index in [1.807, 2.05) is 0 Å². The van der Waals surface area contributed by atoms with Gasteiger partial charge in [-0.25, -0.2) is 4.98 Å². The van der Waals surface area contributed by atoms with E-state index in [0.29, 0.717) is 0 Å². The molecule has 4 N–H and O–H groups in total. The fourth-order valence-corrected chi connectivity index (χ4v) is 0.844. The lowest BCUT2D eigenvalue weighted by atomic mass is 10.2. The second kappa shape index (κ2) is 4.22. The molecule has 6 nitrogen and oxygen atoms in total. The van der Waals surface area contributed by atoms with Gasteiger partial charge in [0.25, 0.3) is 5.56 Å². The summed E-state index contributed by atoms with van der Waals surface area (Å²) in [6.45, 7) is 0. The smallest absolute Gasteiger partial charge is 0.261 e. The molecule has 0 fully saturated rings. The molecule has 1 rings (SSSR count). The minimum Gasteiger partial charge on any atom is -0.493 e. The van der Waals surface area contributed by atoms with Crippen LogP contribution in [0.15, 0.2) is 17.2 Å². The van der Waals surface area contributed by atoms with Crippen LogP contribution in [-0.4, -0.2) is 21.0 Å². The van der Waals surface area contributed by atoms with Crippen molar-refractivity contribution in [2.75, 3.05) is 0 Å². The molecule has 1 amide bonds. The monoisotopic (exact) mass is 195 g/mol. The molecule has 0 aliphatic rings. The highest BCUT2D eigenvalue weighted by molar-refractivity contribution is 5.76. The zero-order valence-electron chi connectivity index (χ0n) is 7.23. The second-order valence-corrected chi connectivity index (χ2v) is 2.54. The van der Waals surface area contributed by atoms with Crippen molar-refractivity contribution in [2.45, 2.75) is 6.42 Å². The molecule has 0 bridgehead atoms. The summed E-state index contributed by atoms with van der Waals surface area (Å²) in [7, 11) is 0. The molecule has 74 valence electrons. The average molecular weight is 195 g/mol. The van der Waals surface area contributed by atoms with Gasteiger partial charge in [-0.2, -0.15) is 0 Å². The van der Waals surface area contributed by atoms with E-state index in [1.54, 1.807) is 0 Å². The molecule has 0 saturated carbocycles. The summed E-state index contributed by atoms with van der Waals surface area (Å²) in [4.78, 5) is 27.2. The van der Waals surface area contributed by atoms with E-state index in [4.69, 9.17) is 10.8 Å². The Labute approximate surface area is 79.1 Å². The molecule has 1 aromatic rings. The van der Waals surface area contributed by atoms with Gasteiger partial charge in [-0.05, 0) is 6.08 Å². The number of nitrogens with one attached hydrogen (secondary N) is 1. The maximum absolute atomic E-state index is 11.1. The third-order valence-electron chi connectivity index (χ3n) is 1.47. The van der Waals surface area contributed by atoms with Crippen molar-refractivity contribution in [1.82, 2.24) is 9.97 Å². The largest absolute Gasteiger partial charge is 0.493 e. The number of hydrogen-bond acceptors (Lipinski definition) is 4. The van der Waals surface area contributed by atoms with Gasteiger partial charge in [-0.1, -0.05) is 6.08 Å². The number of aromatic hydroxyl groups is 1. The van der Waals surface area contributed by atoms with Crippen LogP contribution < -0.4 is 11.3 Å². The van der Waals surface area contributed by atoms with Crippen molar-refractivity contribution in [2.24, 2.45) is 5.73 Å². The van der Waals surface area contributed by atoms with Crippen LogP contribution in [0.4, 0.5) is 0 Å². The summed E-state index contributed by atoms with van der Waals surface area (Å²) in [5.41, 5.74) is 4.41. The van der Waals surface area contributed by atoms with Gasteiger partial charge in [0.1, 0.15) is 5.56 Å². The third kappa shape index (κ3) is 2.44. The molecule has 0 aliphatic heterocycles. The van der Waals surface area contributed by atoms with Gasteiger partial charge in [0.15, 0.2) is 0 Å². The van der Waals surface area contributed by atoms with Gasteiger partial charge >= 0.3 is 0 Å². The Hall–Kier alpha value is -2.11. The van der Waals surface area contributed by atoms with Crippen molar-refractivity contribution in [1.29, 1.82) is 0 Å². The predicted octanol–water partition coefficient (Wildman–Crippen LogP) is -0.636. The first-order chi connectivity index (χ1) is 6.61. The fraction of sp³-hybridized carbons (Fsp3) is 0.125. The summed E-state index contributed by atoms with van der Waals surface area (Å²) in [5.74, 6) is -0.893. The minimum atomic E-state index is -0.513. The normalized spacial score (nSPS) is 10.6. The van der Waals surface area contributed by atoms with Crippen molar-refractivity contribution in [3.8, 4) is 5.88 Å². The molecule has 0 atom stereocenters. The molecule has 6 heteroatoms. The van der Waals surface area contributed by atoms with Gasteiger partial charge in [0, 0.05) is 6.42 Å². The number of rotatable bonds is 3. The lowest BCUT2D eigenvalue weighted by molar-refractivity contribution is -0.117. The lowest BCUT2D eigenvalue weighted by Gasteiger charge is -1.94. The number of carbonyl (C=O) groups excluding carboxylic acids is 1. The highest BCUT2D eigenvalue weighted by atomic mass is 16.3. The highest BCUT2D eigenvalue weighted by Gasteiger charge is 2.02. The van der Waals surface area contributed by atoms with Gasteiger partial charge in [0.05, 0.1) is 6.33 Å². The topological polar surface area (TPSA) is 109 Å². The van der Waals surface area contributed by atoms with E-state index in [9.17, 15) is 9.59 Å². The van der Waals surface area contributed by atoms with Crippen LogP contribution in [0.5, 0.6) is 5.88 Å². The minimum absolute atomic E-state index is 0.00771. The van der Waals surface area contributed by atoms with E-state index >= 15 is 0 Å². The summed E-state index contributed by atoms with van der Waals surface area (Å²) in [6.07, 6.45) is 3.77. The van der Waals surface area contributed by atoms with E-state index in [0.717, 1.165) is 6.33 Å². The standard InChI is InChI=1S/C8H9N3O3/c9-6(12)3-1-2-5-7(13)10-4-11-8(5)14/h1-2,4H,3H2,(H2,9,12)(H2,10,11,13,14). The SMILES string of the molecule is NC(=O)CC=Cc1c(O)nc[nH]c1=O. The van der Waals surface area contributed by atoms with Crippen LogP contribution in [-0.2, 0) is 4.79 Å². The number of nitrogens with zero attached hydrogens (tertiary/aromatic N) is 1. The average Bonchev–Trinajstić information content (AvgIpc) is 2.09. The summed E-state index contributed by atoms with van der Waals surface area (Å²) in [6, 6.07) is 0. The number of nitrogens with two attached hydrogens (primary N) is 1. The molecule has 0 unspecified atom stereocenters. The number of aromatic amines is 1. The van der Waals surface area contributed by atoms with Crippen LogP contribution >= 0.6 is 0 Å². The number of hydrogen-bond donors (Lipinski definition) is 3. The van der Waals surface area contributed by atoms with Gasteiger partial charge < -0.3 is 15.8 Å². The van der Waals surface area contributed by atoms with Crippen LogP contribution in [0.2, 0.25) is 0 Å². The maximum atomic E-state index is 11.1. The van der Waals surface area contributed by atoms with Crippen molar-refractivity contribution in [3.63, 3.8) is 0 Å². The zero-order chi connectivity index (χ0) is 10.6. The third-order valence-corrected chi connectivity index (χ3v) is 1.47. The lowest BCUT2D eigenvalue weighted by Crippen LogP contribution is -2.10. The molecule has 0 saturated heterocycles. The van der Waals surface area contributed by atoms with E-state index < -0.39 is 11.5 Å². The van der Waals surface area contributed by atoms with Crippen molar-refractivity contribution < 1.29 is 9.90 Å². The van der Waals surface area contributed by atoms with E-state index in [-0.39, 0.29) is 17.9 Å². The number of H-pyrrole nitrogens is 1. The Balaban J connectivity index is 2.91. The zero-order valence-corrected chi connectivity index (χ0v) is 7.23. The highest BCUT2D eigenvalue weighted by Crippen LogP contribution is 2.07. The first-order valence-corrected chi connectivity index (χ1v) is 3.82. The summed E-state index contributed by atoms with van der Waals surface area (Å²) >= 11 is 0. The van der Waals surface area contributed by atoms with E-state index in [2.05, 4.69) is 9.97 Å². The first kappa shape index (κ1) is 9.97. The van der Waals surface area contributed by atoms with Crippen molar-refractivity contribution in [3.05, 3.63) is 28.3 Å². The Morgan fingerprint density at radius 1 is 1.71 bits per heavy atom. The van der Waals surface area contributed by atoms with Crippen molar-refractivity contribution >= 4 is 12.0 Å². The molecule has 14 heavy (non-hydrogen) atoms. The van der Waals surface area contributed by atoms with Crippen LogP contribution in [0.1, 0.15) is 12.0 Å². The Kier molecular flexibility index (Phi) is 3.01. The quantitative estimate of drug-likeness (QED) is 0.596. The second-order valence-electron chi connectivity index (χ2n) is 2.54. The first-order valence-electron chi connectivity index (χ1n) is 3.82. The fourth-order valence-electron chi connectivity index (χ4n) is 0.844. The number of amides is 1.